The Kier molecular flexibility index (Phi) is 3.74. The summed E-state index contributed by atoms with van der Waals surface area (Å²) in [5, 5.41) is 3.95. The van der Waals surface area contributed by atoms with E-state index in [-0.39, 0.29) is 17.6 Å². The molecule has 2 aliphatic rings. The maximum atomic E-state index is 12.5. The summed E-state index contributed by atoms with van der Waals surface area (Å²) in [5.74, 6) is -0.0280. The molecule has 3 heterocycles. The van der Waals surface area contributed by atoms with Gasteiger partial charge < -0.3 is 14.4 Å². The zero-order valence-electron chi connectivity index (χ0n) is 11.8. The fourth-order valence-electron chi connectivity index (χ4n) is 3.09. The van der Waals surface area contributed by atoms with E-state index in [1.807, 2.05) is 11.8 Å². The van der Waals surface area contributed by atoms with Gasteiger partial charge in [-0.2, -0.15) is 0 Å². The third-order valence-corrected chi connectivity index (χ3v) is 4.82. The van der Waals surface area contributed by atoms with Gasteiger partial charge in [0.15, 0.2) is 5.69 Å². The molecule has 2 aliphatic heterocycles. The molecule has 7 heteroatoms. The number of rotatable bonds is 2. The van der Waals surface area contributed by atoms with Crippen molar-refractivity contribution in [3.05, 3.63) is 10.6 Å². The Bertz CT molecular complexity index is 507. The van der Waals surface area contributed by atoms with E-state index in [1.165, 1.54) is 11.5 Å². The van der Waals surface area contributed by atoms with Gasteiger partial charge in [-0.05, 0) is 31.3 Å². The standard InChI is InChI=1S/C13H19N3O3S/c1-9-11(14-15-20-9)12(17)16-5-3-4-13(8-16)6-10(18-2)7-19-13/h10H,3-8H2,1-2H3/t10-,13+/m0/s1. The molecular weight excluding hydrogens is 278 g/mol. The number of methoxy groups -OCH3 is 1. The SMILES string of the molecule is CO[C@@H]1CO[C@]2(CCCN(C(=O)c3nnsc3C)C2)C1. The molecular formula is C13H19N3O3S. The minimum atomic E-state index is -0.230. The number of likely N-dealkylation sites (tertiary alicyclic amines) is 1. The number of hydrogen-bond acceptors (Lipinski definition) is 6. The Morgan fingerprint density at radius 2 is 2.45 bits per heavy atom. The van der Waals surface area contributed by atoms with Crippen LogP contribution in [0.25, 0.3) is 0 Å². The number of amides is 1. The van der Waals surface area contributed by atoms with Crippen LogP contribution in [0.5, 0.6) is 0 Å². The average Bonchev–Trinajstić information content (AvgIpc) is 3.05. The lowest BCUT2D eigenvalue weighted by Gasteiger charge is -2.39. The summed E-state index contributed by atoms with van der Waals surface area (Å²) in [5.41, 5.74) is 0.250. The molecule has 0 aliphatic carbocycles. The maximum Gasteiger partial charge on any atom is 0.275 e. The Hall–Kier alpha value is -1.05. The van der Waals surface area contributed by atoms with E-state index in [1.54, 1.807) is 7.11 Å². The molecule has 2 saturated heterocycles. The monoisotopic (exact) mass is 297 g/mol. The van der Waals surface area contributed by atoms with Crippen LogP contribution in [0.15, 0.2) is 0 Å². The van der Waals surface area contributed by atoms with E-state index in [9.17, 15) is 4.79 Å². The summed E-state index contributed by atoms with van der Waals surface area (Å²) < 4.78 is 15.2. The summed E-state index contributed by atoms with van der Waals surface area (Å²) in [4.78, 5) is 15.2. The second-order valence-electron chi connectivity index (χ2n) is 5.56. The number of carbonyl (C=O) groups excluding carboxylic acids is 1. The van der Waals surface area contributed by atoms with Crippen LogP contribution in [0.1, 0.15) is 34.6 Å². The van der Waals surface area contributed by atoms with Crippen molar-refractivity contribution in [3.8, 4) is 0 Å². The second kappa shape index (κ2) is 5.38. The predicted octanol–water partition coefficient (Wildman–Crippen LogP) is 1.26. The zero-order chi connectivity index (χ0) is 14.2. The number of nitrogens with zero attached hydrogens (tertiary/aromatic N) is 3. The van der Waals surface area contributed by atoms with Gasteiger partial charge in [0.1, 0.15) is 0 Å². The number of aryl methyl sites for hydroxylation is 1. The average molecular weight is 297 g/mol. The number of hydrogen-bond donors (Lipinski definition) is 0. The van der Waals surface area contributed by atoms with Crippen LogP contribution in [0.4, 0.5) is 0 Å². The van der Waals surface area contributed by atoms with E-state index in [0.29, 0.717) is 18.8 Å². The fraction of sp³-hybridized carbons (Fsp3) is 0.769. The van der Waals surface area contributed by atoms with Gasteiger partial charge in [0.05, 0.1) is 29.7 Å². The van der Waals surface area contributed by atoms with Gasteiger partial charge in [-0.25, -0.2) is 0 Å². The molecule has 20 heavy (non-hydrogen) atoms. The van der Waals surface area contributed by atoms with Crippen LogP contribution < -0.4 is 0 Å². The van der Waals surface area contributed by atoms with Gasteiger partial charge in [-0.3, -0.25) is 4.79 Å². The summed E-state index contributed by atoms with van der Waals surface area (Å²) in [6, 6.07) is 0. The molecule has 2 atom stereocenters. The molecule has 0 saturated carbocycles. The molecule has 0 N–H and O–H groups in total. The highest BCUT2D eigenvalue weighted by atomic mass is 32.1. The molecule has 0 aromatic carbocycles. The third-order valence-electron chi connectivity index (χ3n) is 4.19. The van der Waals surface area contributed by atoms with Crippen molar-refractivity contribution in [1.29, 1.82) is 0 Å². The summed E-state index contributed by atoms with van der Waals surface area (Å²) in [7, 11) is 1.71. The largest absolute Gasteiger partial charge is 0.379 e. The molecule has 0 radical (unpaired) electrons. The number of ether oxygens (including phenoxy) is 2. The van der Waals surface area contributed by atoms with E-state index < -0.39 is 0 Å². The first-order valence-corrected chi connectivity index (χ1v) is 7.66. The van der Waals surface area contributed by atoms with Gasteiger partial charge in [0.2, 0.25) is 0 Å². The fourth-order valence-corrected chi connectivity index (χ4v) is 3.55. The number of piperidine rings is 1. The summed E-state index contributed by atoms with van der Waals surface area (Å²) in [6.07, 6.45) is 2.96. The van der Waals surface area contributed by atoms with Crippen molar-refractivity contribution in [2.24, 2.45) is 0 Å². The lowest BCUT2D eigenvalue weighted by atomic mass is 9.89. The van der Waals surface area contributed by atoms with Crippen molar-refractivity contribution in [1.82, 2.24) is 14.5 Å². The first-order chi connectivity index (χ1) is 9.63. The predicted molar refractivity (Wildman–Crippen MR) is 73.9 cm³/mol. The van der Waals surface area contributed by atoms with Gasteiger partial charge >= 0.3 is 0 Å². The van der Waals surface area contributed by atoms with Crippen LogP contribution in [0, 0.1) is 6.92 Å². The third kappa shape index (κ3) is 2.45. The summed E-state index contributed by atoms with van der Waals surface area (Å²) >= 11 is 1.26. The molecule has 6 nitrogen and oxygen atoms in total. The highest BCUT2D eigenvalue weighted by molar-refractivity contribution is 7.05. The Morgan fingerprint density at radius 3 is 3.10 bits per heavy atom. The van der Waals surface area contributed by atoms with Gasteiger partial charge in [0, 0.05) is 20.1 Å². The van der Waals surface area contributed by atoms with Crippen LogP contribution in [-0.2, 0) is 9.47 Å². The topological polar surface area (TPSA) is 64.6 Å². The van der Waals surface area contributed by atoms with Crippen LogP contribution in [0.2, 0.25) is 0 Å². The highest BCUT2D eigenvalue weighted by Crippen LogP contribution is 2.36. The first-order valence-electron chi connectivity index (χ1n) is 6.88. The van der Waals surface area contributed by atoms with Gasteiger partial charge in [-0.15, -0.1) is 5.10 Å². The Morgan fingerprint density at radius 1 is 1.60 bits per heavy atom. The van der Waals surface area contributed by atoms with Crippen LogP contribution in [-0.4, -0.2) is 58.9 Å². The quantitative estimate of drug-likeness (QED) is 0.822. The van der Waals surface area contributed by atoms with Crippen molar-refractivity contribution in [2.75, 3.05) is 26.8 Å². The molecule has 3 rings (SSSR count). The normalized spacial score (nSPS) is 30.1. The smallest absolute Gasteiger partial charge is 0.275 e. The molecule has 1 aromatic rings. The minimum absolute atomic E-state index is 0.0280. The van der Waals surface area contributed by atoms with E-state index >= 15 is 0 Å². The molecule has 1 aromatic heterocycles. The Balaban J connectivity index is 1.73. The van der Waals surface area contributed by atoms with Crippen molar-refractivity contribution < 1.29 is 14.3 Å². The first kappa shape index (κ1) is 13.9. The van der Waals surface area contributed by atoms with Gasteiger partial charge in [0.25, 0.3) is 5.91 Å². The second-order valence-corrected chi connectivity index (χ2v) is 6.52. The molecule has 1 amide bonds. The summed E-state index contributed by atoms with van der Waals surface area (Å²) in [6.45, 7) is 3.89. The number of carbonyl (C=O) groups is 1. The minimum Gasteiger partial charge on any atom is -0.379 e. The van der Waals surface area contributed by atoms with Crippen molar-refractivity contribution >= 4 is 17.4 Å². The van der Waals surface area contributed by atoms with Gasteiger partial charge in [-0.1, -0.05) is 4.49 Å². The molecule has 2 fully saturated rings. The van der Waals surface area contributed by atoms with E-state index in [4.69, 9.17) is 9.47 Å². The number of aromatic nitrogens is 2. The molecule has 110 valence electrons. The van der Waals surface area contributed by atoms with E-state index in [2.05, 4.69) is 9.59 Å². The molecule has 1 spiro atoms. The maximum absolute atomic E-state index is 12.5. The Labute approximate surface area is 122 Å². The lowest BCUT2D eigenvalue weighted by Crippen LogP contribution is -2.50. The molecule has 0 unspecified atom stereocenters. The lowest BCUT2D eigenvalue weighted by molar-refractivity contribution is -0.0459. The van der Waals surface area contributed by atoms with Crippen molar-refractivity contribution in [3.63, 3.8) is 0 Å². The van der Waals surface area contributed by atoms with Crippen molar-refractivity contribution in [2.45, 2.75) is 37.9 Å². The highest BCUT2D eigenvalue weighted by Gasteiger charge is 2.45. The van der Waals surface area contributed by atoms with Crippen LogP contribution >= 0.6 is 11.5 Å². The molecule has 0 bridgehead atoms. The zero-order valence-corrected chi connectivity index (χ0v) is 12.6. The van der Waals surface area contributed by atoms with Crippen LogP contribution in [0.3, 0.4) is 0 Å². The van der Waals surface area contributed by atoms with E-state index in [0.717, 1.165) is 30.7 Å².